The molecule has 0 aromatic heterocycles. The van der Waals surface area contributed by atoms with E-state index in [0.29, 0.717) is 17.4 Å². The summed E-state index contributed by atoms with van der Waals surface area (Å²) >= 11 is 1.70. The maximum absolute atomic E-state index is 11.4. The van der Waals surface area contributed by atoms with Crippen molar-refractivity contribution in [3.8, 4) is 5.75 Å². The highest BCUT2D eigenvalue weighted by atomic mass is 32.2. The molecule has 17 heavy (non-hydrogen) atoms. The number of carbonyl (C=O) groups is 1. The monoisotopic (exact) mass is 250 g/mol. The Balaban J connectivity index is 1.94. The fourth-order valence-electron chi connectivity index (χ4n) is 1.18. The van der Waals surface area contributed by atoms with Gasteiger partial charge in [0.2, 0.25) is 0 Å². The third kappa shape index (κ3) is 3.91. The molecule has 1 aromatic rings. The predicted octanol–water partition coefficient (Wildman–Crippen LogP) is 2.66. The van der Waals surface area contributed by atoms with Gasteiger partial charge in [0.1, 0.15) is 5.75 Å². The number of thioether (sulfide) groups is 1. The average molecular weight is 250 g/mol. The van der Waals surface area contributed by atoms with Gasteiger partial charge in [-0.2, -0.15) is 0 Å². The standard InChI is InChI=1S/C13H14O3S/c1-9(2)13(14)16-10-4-3-5-12(6-10)17-8-11-7-15-11/h3-6,11H,1,7-8H2,2H3. The van der Waals surface area contributed by atoms with E-state index in [-0.39, 0.29) is 0 Å². The topological polar surface area (TPSA) is 38.8 Å². The molecule has 1 fully saturated rings. The van der Waals surface area contributed by atoms with Crippen LogP contribution in [0.4, 0.5) is 0 Å². The molecular weight excluding hydrogens is 236 g/mol. The number of benzene rings is 1. The van der Waals surface area contributed by atoms with Gasteiger partial charge in [0.15, 0.2) is 0 Å². The van der Waals surface area contributed by atoms with E-state index in [1.54, 1.807) is 24.8 Å². The summed E-state index contributed by atoms with van der Waals surface area (Å²) in [4.78, 5) is 12.4. The Kier molecular flexibility index (Phi) is 3.86. The number of carbonyl (C=O) groups excluding carboxylic acids is 1. The van der Waals surface area contributed by atoms with Crippen molar-refractivity contribution in [2.24, 2.45) is 0 Å². The lowest BCUT2D eigenvalue weighted by Crippen LogP contribution is -2.08. The maximum atomic E-state index is 11.4. The maximum Gasteiger partial charge on any atom is 0.338 e. The van der Waals surface area contributed by atoms with E-state index in [9.17, 15) is 4.79 Å². The first kappa shape index (κ1) is 12.2. The smallest absolute Gasteiger partial charge is 0.338 e. The fraction of sp³-hybridized carbons (Fsp3) is 0.308. The van der Waals surface area contributed by atoms with Gasteiger partial charge in [-0.1, -0.05) is 12.6 Å². The minimum absolute atomic E-state index is 0.390. The molecule has 1 heterocycles. The molecule has 1 aromatic carbocycles. The quantitative estimate of drug-likeness (QED) is 0.265. The number of hydrogen-bond donors (Lipinski definition) is 0. The largest absolute Gasteiger partial charge is 0.423 e. The lowest BCUT2D eigenvalue weighted by Gasteiger charge is -2.05. The molecule has 2 rings (SSSR count). The van der Waals surface area contributed by atoms with Gasteiger partial charge in [-0.3, -0.25) is 0 Å². The van der Waals surface area contributed by atoms with Gasteiger partial charge in [0, 0.05) is 16.2 Å². The van der Waals surface area contributed by atoms with Crippen molar-refractivity contribution >= 4 is 17.7 Å². The van der Waals surface area contributed by atoms with E-state index in [1.165, 1.54) is 0 Å². The summed E-state index contributed by atoms with van der Waals surface area (Å²) < 4.78 is 10.3. The molecule has 90 valence electrons. The highest BCUT2D eigenvalue weighted by Gasteiger charge is 2.22. The number of epoxide rings is 1. The SMILES string of the molecule is C=C(C)C(=O)Oc1cccc(SCC2CO2)c1. The molecule has 4 heteroatoms. The predicted molar refractivity (Wildman–Crippen MR) is 67.4 cm³/mol. The Hall–Kier alpha value is -1.26. The van der Waals surface area contributed by atoms with Crippen LogP contribution in [0.3, 0.4) is 0 Å². The molecule has 1 aliphatic rings. The van der Waals surface area contributed by atoms with Gasteiger partial charge < -0.3 is 9.47 Å². The Labute approximate surface area is 105 Å². The molecule has 0 bridgehead atoms. The lowest BCUT2D eigenvalue weighted by atomic mass is 10.3. The van der Waals surface area contributed by atoms with Gasteiger partial charge in [-0.15, -0.1) is 11.8 Å². The first-order valence-electron chi connectivity index (χ1n) is 5.37. The van der Waals surface area contributed by atoms with Gasteiger partial charge in [0.25, 0.3) is 0 Å². The Morgan fingerprint density at radius 2 is 2.41 bits per heavy atom. The first-order valence-corrected chi connectivity index (χ1v) is 6.36. The molecule has 0 amide bonds. The van der Waals surface area contributed by atoms with Crippen LogP contribution in [0, 0.1) is 0 Å². The first-order chi connectivity index (χ1) is 8.15. The third-order valence-corrected chi connectivity index (χ3v) is 3.33. The molecule has 1 saturated heterocycles. The summed E-state index contributed by atoms with van der Waals surface area (Å²) in [6.07, 6.45) is 0.390. The molecule has 3 nitrogen and oxygen atoms in total. The Bertz CT molecular complexity index is 438. The van der Waals surface area contributed by atoms with Crippen molar-refractivity contribution in [1.82, 2.24) is 0 Å². The van der Waals surface area contributed by atoms with Crippen LogP contribution >= 0.6 is 11.8 Å². The zero-order valence-electron chi connectivity index (χ0n) is 9.64. The number of esters is 1. The summed E-state index contributed by atoms with van der Waals surface area (Å²) in [5.74, 6) is 1.11. The van der Waals surface area contributed by atoms with Crippen molar-refractivity contribution < 1.29 is 14.3 Å². The molecule has 0 spiro atoms. The van der Waals surface area contributed by atoms with Crippen LogP contribution in [-0.2, 0) is 9.53 Å². The molecular formula is C13H14O3S. The third-order valence-electron chi connectivity index (χ3n) is 2.20. The van der Waals surface area contributed by atoms with Crippen molar-refractivity contribution in [3.63, 3.8) is 0 Å². The second-order valence-corrected chi connectivity index (χ2v) is 5.00. The highest BCUT2D eigenvalue weighted by Crippen LogP contribution is 2.26. The van der Waals surface area contributed by atoms with Crippen LogP contribution in [0.1, 0.15) is 6.92 Å². The number of ether oxygens (including phenoxy) is 2. The van der Waals surface area contributed by atoms with Crippen molar-refractivity contribution in [2.45, 2.75) is 17.9 Å². The van der Waals surface area contributed by atoms with Gasteiger partial charge in [-0.05, 0) is 25.1 Å². The molecule has 0 N–H and O–H groups in total. The van der Waals surface area contributed by atoms with Crippen molar-refractivity contribution in [1.29, 1.82) is 0 Å². The summed E-state index contributed by atoms with van der Waals surface area (Å²) in [5.41, 5.74) is 0.398. The Morgan fingerprint density at radius 1 is 1.65 bits per heavy atom. The van der Waals surface area contributed by atoms with Crippen LogP contribution in [0.15, 0.2) is 41.3 Å². The minimum Gasteiger partial charge on any atom is -0.423 e. The summed E-state index contributed by atoms with van der Waals surface area (Å²) in [7, 11) is 0. The zero-order chi connectivity index (χ0) is 12.3. The molecule has 0 radical (unpaired) electrons. The molecule has 1 aliphatic heterocycles. The summed E-state index contributed by atoms with van der Waals surface area (Å²) in [6.45, 7) is 6.03. The van der Waals surface area contributed by atoms with Crippen molar-refractivity contribution in [3.05, 3.63) is 36.4 Å². The van der Waals surface area contributed by atoms with E-state index in [2.05, 4.69) is 6.58 Å². The fourth-order valence-corrected chi connectivity index (χ4v) is 2.12. The molecule has 1 unspecified atom stereocenters. The summed E-state index contributed by atoms with van der Waals surface area (Å²) in [6, 6.07) is 7.48. The van der Waals surface area contributed by atoms with E-state index in [4.69, 9.17) is 9.47 Å². The lowest BCUT2D eigenvalue weighted by molar-refractivity contribution is -0.130. The van der Waals surface area contributed by atoms with Crippen molar-refractivity contribution in [2.75, 3.05) is 12.4 Å². The van der Waals surface area contributed by atoms with E-state index < -0.39 is 5.97 Å². The molecule has 1 atom stereocenters. The zero-order valence-corrected chi connectivity index (χ0v) is 10.5. The second-order valence-electron chi connectivity index (χ2n) is 3.91. The normalized spacial score (nSPS) is 17.6. The molecule has 0 saturated carbocycles. The minimum atomic E-state index is -0.391. The highest BCUT2D eigenvalue weighted by molar-refractivity contribution is 7.99. The van der Waals surface area contributed by atoms with Crippen LogP contribution in [0.2, 0.25) is 0 Å². The van der Waals surface area contributed by atoms with Gasteiger partial charge >= 0.3 is 5.97 Å². The molecule has 0 aliphatic carbocycles. The second kappa shape index (κ2) is 5.38. The average Bonchev–Trinajstić information content (AvgIpc) is 3.10. The van der Waals surface area contributed by atoms with E-state index in [1.807, 2.05) is 18.2 Å². The number of hydrogen-bond acceptors (Lipinski definition) is 4. The van der Waals surface area contributed by atoms with E-state index in [0.717, 1.165) is 17.3 Å². The van der Waals surface area contributed by atoms with E-state index >= 15 is 0 Å². The van der Waals surface area contributed by atoms with Gasteiger partial charge in [-0.25, -0.2) is 4.79 Å². The number of rotatable bonds is 5. The van der Waals surface area contributed by atoms with Crippen LogP contribution in [-0.4, -0.2) is 24.4 Å². The Morgan fingerprint density at radius 3 is 3.06 bits per heavy atom. The van der Waals surface area contributed by atoms with Crippen LogP contribution in [0.25, 0.3) is 0 Å². The summed E-state index contributed by atoms with van der Waals surface area (Å²) in [5, 5.41) is 0. The van der Waals surface area contributed by atoms with Crippen LogP contribution < -0.4 is 4.74 Å². The van der Waals surface area contributed by atoms with Crippen LogP contribution in [0.5, 0.6) is 5.75 Å². The van der Waals surface area contributed by atoms with Gasteiger partial charge in [0.05, 0.1) is 12.7 Å².